The molecule has 0 bridgehead atoms. The second-order valence-corrected chi connectivity index (χ2v) is 5.65. The van der Waals surface area contributed by atoms with Gasteiger partial charge in [-0.1, -0.05) is 28.1 Å². The van der Waals surface area contributed by atoms with Gasteiger partial charge in [-0.3, -0.25) is 4.79 Å². The van der Waals surface area contributed by atoms with Gasteiger partial charge in [0.25, 0.3) is 0 Å². The zero-order chi connectivity index (χ0) is 12.3. The Morgan fingerprint density at radius 1 is 1.35 bits per heavy atom. The maximum Gasteiger partial charge on any atom is 0.227 e. The second kappa shape index (κ2) is 5.67. The minimum absolute atomic E-state index is 0.263. The van der Waals surface area contributed by atoms with Gasteiger partial charge in [-0.15, -0.1) is 0 Å². The summed E-state index contributed by atoms with van der Waals surface area (Å²) in [6.45, 7) is 3.08. The first-order valence-corrected chi connectivity index (χ1v) is 7.00. The Bertz CT molecular complexity index is 388. The molecule has 0 aliphatic carbocycles. The number of carbonyl (C=O) groups is 1. The zero-order valence-electron chi connectivity index (χ0n) is 10.2. The van der Waals surface area contributed by atoms with E-state index in [0.717, 1.165) is 29.4 Å². The van der Waals surface area contributed by atoms with Gasteiger partial charge in [0.05, 0.1) is 6.42 Å². The fourth-order valence-electron chi connectivity index (χ4n) is 2.35. The molecule has 92 valence electrons. The number of halogens is 1. The number of likely N-dealkylation sites (tertiary alicyclic amines) is 1. The quantitative estimate of drug-likeness (QED) is 0.819. The summed E-state index contributed by atoms with van der Waals surface area (Å²) >= 11 is 3.40. The van der Waals surface area contributed by atoms with E-state index in [1.165, 1.54) is 6.42 Å². The van der Waals surface area contributed by atoms with E-state index in [9.17, 15) is 4.79 Å². The predicted molar refractivity (Wildman–Crippen MR) is 72.9 cm³/mol. The first kappa shape index (κ1) is 12.6. The highest BCUT2D eigenvalue weighted by molar-refractivity contribution is 9.10. The molecule has 1 atom stereocenters. The van der Waals surface area contributed by atoms with E-state index in [4.69, 9.17) is 0 Å². The third kappa shape index (κ3) is 3.32. The van der Waals surface area contributed by atoms with E-state index in [2.05, 4.69) is 22.9 Å². The van der Waals surface area contributed by atoms with Gasteiger partial charge < -0.3 is 4.90 Å². The van der Waals surface area contributed by atoms with Crippen molar-refractivity contribution in [2.75, 3.05) is 6.54 Å². The molecule has 17 heavy (non-hydrogen) atoms. The molecule has 2 nitrogen and oxygen atoms in total. The van der Waals surface area contributed by atoms with Crippen LogP contribution in [0.5, 0.6) is 0 Å². The minimum atomic E-state index is 0.263. The van der Waals surface area contributed by atoms with Gasteiger partial charge in [-0.2, -0.15) is 0 Å². The van der Waals surface area contributed by atoms with Crippen LogP contribution in [0.2, 0.25) is 0 Å². The Hall–Kier alpha value is -0.830. The SMILES string of the molecule is CC1CCCCN1C(=O)Cc1ccc(Br)cc1. The Balaban J connectivity index is 1.98. The molecule has 1 amide bonds. The van der Waals surface area contributed by atoms with Gasteiger partial charge >= 0.3 is 0 Å². The van der Waals surface area contributed by atoms with Crippen molar-refractivity contribution in [3.05, 3.63) is 34.3 Å². The molecule has 1 aromatic carbocycles. The van der Waals surface area contributed by atoms with Crippen molar-refractivity contribution in [1.29, 1.82) is 0 Å². The van der Waals surface area contributed by atoms with Crippen LogP contribution in [-0.2, 0) is 11.2 Å². The van der Waals surface area contributed by atoms with Crippen molar-refractivity contribution in [1.82, 2.24) is 4.90 Å². The average Bonchev–Trinajstić information content (AvgIpc) is 2.32. The Morgan fingerprint density at radius 2 is 2.06 bits per heavy atom. The van der Waals surface area contributed by atoms with E-state index in [0.29, 0.717) is 12.5 Å². The van der Waals surface area contributed by atoms with Gasteiger partial charge in [-0.25, -0.2) is 0 Å². The number of rotatable bonds is 2. The van der Waals surface area contributed by atoms with Crippen LogP contribution < -0.4 is 0 Å². The van der Waals surface area contributed by atoms with Crippen molar-refractivity contribution < 1.29 is 4.79 Å². The highest BCUT2D eigenvalue weighted by Crippen LogP contribution is 2.18. The van der Waals surface area contributed by atoms with Crippen molar-refractivity contribution >= 4 is 21.8 Å². The summed E-state index contributed by atoms with van der Waals surface area (Å²) in [6.07, 6.45) is 4.07. The minimum Gasteiger partial charge on any atom is -0.340 e. The van der Waals surface area contributed by atoms with Crippen molar-refractivity contribution in [2.24, 2.45) is 0 Å². The molecule has 1 aliphatic rings. The van der Waals surface area contributed by atoms with E-state index in [1.54, 1.807) is 0 Å². The third-order valence-corrected chi connectivity index (χ3v) is 3.92. The normalized spacial score (nSPS) is 20.4. The van der Waals surface area contributed by atoms with Crippen LogP contribution in [0, 0.1) is 0 Å². The molecule has 0 N–H and O–H groups in total. The average molecular weight is 296 g/mol. The molecule has 0 spiro atoms. The molecular formula is C14H18BrNO. The van der Waals surface area contributed by atoms with Crippen LogP contribution in [-0.4, -0.2) is 23.4 Å². The molecule has 1 heterocycles. The van der Waals surface area contributed by atoms with E-state index in [1.807, 2.05) is 29.2 Å². The summed E-state index contributed by atoms with van der Waals surface area (Å²) < 4.78 is 1.06. The standard InChI is InChI=1S/C14H18BrNO/c1-11-4-2-3-9-16(11)14(17)10-12-5-7-13(15)8-6-12/h5-8,11H,2-4,9-10H2,1H3. The van der Waals surface area contributed by atoms with Gasteiger partial charge in [0.1, 0.15) is 0 Å². The fourth-order valence-corrected chi connectivity index (χ4v) is 2.61. The van der Waals surface area contributed by atoms with Crippen molar-refractivity contribution in [3.8, 4) is 0 Å². The van der Waals surface area contributed by atoms with Crippen LogP contribution >= 0.6 is 15.9 Å². The van der Waals surface area contributed by atoms with Crippen LogP contribution in [0.4, 0.5) is 0 Å². The summed E-state index contributed by atoms with van der Waals surface area (Å²) in [5.74, 6) is 0.263. The number of carbonyl (C=O) groups excluding carboxylic acids is 1. The highest BCUT2D eigenvalue weighted by Gasteiger charge is 2.22. The molecular weight excluding hydrogens is 278 g/mol. The number of piperidine rings is 1. The maximum absolute atomic E-state index is 12.2. The lowest BCUT2D eigenvalue weighted by Gasteiger charge is -2.33. The van der Waals surface area contributed by atoms with Crippen LogP contribution in [0.3, 0.4) is 0 Å². The summed E-state index contributed by atoms with van der Waals surface area (Å²) in [4.78, 5) is 14.2. The molecule has 3 heteroatoms. The number of nitrogens with zero attached hydrogens (tertiary/aromatic N) is 1. The molecule has 1 unspecified atom stereocenters. The van der Waals surface area contributed by atoms with E-state index < -0.39 is 0 Å². The summed E-state index contributed by atoms with van der Waals surface area (Å²) in [5, 5.41) is 0. The second-order valence-electron chi connectivity index (χ2n) is 4.74. The van der Waals surface area contributed by atoms with E-state index in [-0.39, 0.29) is 5.91 Å². The van der Waals surface area contributed by atoms with Crippen LogP contribution in [0.1, 0.15) is 31.7 Å². The third-order valence-electron chi connectivity index (χ3n) is 3.39. The molecule has 0 saturated carbocycles. The molecule has 1 fully saturated rings. The van der Waals surface area contributed by atoms with Gasteiger partial charge in [0.15, 0.2) is 0 Å². The number of benzene rings is 1. The monoisotopic (exact) mass is 295 g/mol. The Labute approximate surface area is 111 Å². The Morgan fingerprint density at radius 3 is 2.71 bits per heavy atom. The number of hydrogen-bond acceptors (Lipinski definition) is 1. The van der Waals surface area contributed by atoms with Crippen molar-refractivity contribution in [3.63, 3.8) is 0 Å². The summed E-state index contributed by atoms with van der Waals surface area (Å²) in [7, 11) is 0. The molecule has 2 rings (SSSR count). The molecule has 1 aliphatic heterocycles. The van der Waals surface area contributed by atoms with E-state index >= 15 is 0 Å². The highest BCUT2D eigenvalue weighted by atomic mass is 79.9. The lowest BCUT2D eigenvalue weighted by atomic mass is 10.0. The lowest BCUT2D eigenvalue weighted by molar-refractivity contribution is -0.133. The maximum atomic E-state index is 12.2. The first-order valence-electron chi connectivity index (χ1n) is 6.21. The lowest BCUT2D eigenvalue weighted by Crippen LogP contribution is -2.42. The first-order chi connectivity index (χ1) is 8.16. The van der Waals surface area contributed by atoms with Gasteiger partial charge in [-0.05, 0) is 43.9 Å². The van der Waals surface area contributed by atoms with Gasteiger partial charge in [0, 0.05) is 17.1 Å². The zero-order valence-corrected chi connectivity index (χ0v) is 11.7. The number of hydrogen-bond donors (Lipinski definition) is 0. The fraction of sp³-hybridized carbons (Fsp3) is 0.500. The molecule has 1 saturated heterocycles. The van der Waals surface area contributed by atoms with Crippen LogP contribution in [0.25, 0.3) is 0 Å². The summed E-state index contributed by atoms with van der Waals surface area (Å²) in [5.41, 5.74) is 1.09. The summed E-state index contributed by atoms with van der Waals surface area (Å²) in [6, 6.07) is 8.41. The number of amides is 1. The molecule has 0 radical (unpaired) electrons. The largest absolute Gasteiger partial charge is 0.340 e. The van der Waals surface area contributed by atoms with Crippen molar-refractivity contribution in [2.45, 2.75) is 38.6 Å². The topological polar surface area (TPSA) is 20.3 Å². The predicted octanol–water partition coefficient (Wildman–Crippen LogP) is 3.39. The van der Waals surface area contributed by atoms with Gasteiger partial charge in [0.2, 0.25) is 5.91 Å². The smallest absolute Gasteiger partial charge is 0.227 e. The van der Waals surface area contributed by atoms with Crippen LogP contribution in [0.15, 0.2) is 28.7 Å². The Kier molecular flexibility index (Phi) is 4.21. The molecule has 1 aromatic rings. The molecule has 0 aromatic heterocycles.